The Labute approximate surface area is 135 Å². The molecule has 2 amide bonds. The lowest BCUT2D eigenvalue weighted by Gasteiger charge is -2.05. The van der Waals surface area contributed by atoms with Gasteiger partial charge in [0.1, 0.15) is 10.8 Å². The SMILES string of the molecule is O=C(NCc1ccco1)C(=O)Nc1sc2c(c1C(=O)O)CCC2. The van der Waals surface area contributed by atoms with E-state index in [2.05, 4.69) is 10.6 Å². The van der Waals surface area contributed by atoms with Crippen molar-refractivity contribution < 1.29 is 23.9 Å². The van der Waals surface area contributed by atoms with Crippen molar-refractivity contribution in [1.29, 1.82) is 0 Å². The zero-order valence-corrected chi connectivity index (χ0v) is 12.9. The van der Waals surface area contributed by atoms with Gasteiger partial charge in [0.05, 0.1) is 18.4 Å². The second-order valence-electron chi connectivity index (χ2n) is 5.08. The molecule has 0 aliphatic heterocycles. The van der Waals surface area contributed by atoms with Gasteiger partial charge in [0.2, 0.25) is 0 Å². The molecule has 2 heterocycles. The van der Waals surface area contributed by atoms with E-state index in [1.54, 1.807) is 12.1 Å². The highest BCUT2D eigenvalue weighted by atomic mass is 32.1. The molecule has 3 rings (SSSR count). The molecule has 0 saturated heterocycles. The number of hydrogen-bond acceptors (Lipinski definition) is 5. The number of carbonyl (C=O) groups excluding carboxylic acids is 2. The average molecular weight is 334 g/mol. The van der Waals surface area contributed by atoms with E-state index in [1.807, 2.05) is 0 Å². The van der Waals surface area contributed by atoms with E-state index in [9.17, 15) is 19.5 Å². The second kappa shape index (κ2) is 6.25. The normalized spacial score (nSPS) is 12.7. The minimum absolute atomic E-state index is 0.0893. The number of carboxylic acids is 1. The number of carbonyl (C=O) groups is 3. The van der Waals surface area contributed by atoms with E-state index in [1.165, 1.54) is 17.6 Å². The van der Waals surface area contributed by atoms with Crippen LogP contribution in [0.4, 0.5) is 5.00 Å². The van der Waals surface area contributed by atoms with Gasteiger partial charge in [-0.05, 0) is 37.0 Å². The van der Waals surface area contributed by atoms with Crippen LogP contribution >= 0.6 is 11.3 Å². The molecule has 8 heteroatoms. The van der Waals surface area contributed by atoms with Crippen LogP contribution in [0.3, 0.4) is 0 Å². The van der Waals surface area contributed by atoms with Crippen molar-refractivity contribution in [2.45, 2.75) is 25.8 Å². The van der Waals surface area contributed by atoms with Crippen molar-refractivity contribution in [2.24, 2.45) is 0 Å². The van der Waals surface area contributed by atoms with Gasteiger partial charge >= 0.3 is 17.8 Å². The third kappa shape index (κ3) is 3.11. The van der Waals surface area contributed by atoms with E-state index in [-0.39, 0.29) is 17.1 Å². The van der Waals surface area contributed by atoms with Gasteiger partial charge in [0.25, 0.3) is 0 Å². The summed E-state index contributed by atoms with van der Waals surface area (Å²) in [6.45, 7) is 0.0893. The van der Waals surface area contributed by atoms with Gasteiger partial charge in [0.15, 0.2) is 0 Å². The van der Waals surface area contributed by atoms with Crippen LogP contribution in [-0.2, 0) is 29.0 Å². The van der Waals surface area contributed by atoms with Gasteiger partial charge in [0, 0.05) is 4.88 Å². The zero-order chi connectivity index (χ0) is 16.4. The first-order valence-corrected chi connectivity index (χ1v) is 7.87. The largest absolute Gasteiger partial charge is 0.478 e. The lowest BCUT2D eigenvalue weighted by atomic mass is 10.1. The highest BCUT2D eigenvalue weighted by Crippen LogP contribution is 2.38. The molecule has 0 aromatic carbocycles. The molecule has 1 aliphatic rings. The zero-order valence-electron chi connectivity index (χ0n) is 12.0. The summed E-state index contributed by atoms with van der Waals surface area (Å²) >= 11 is 1.23. The molecule has 0 unspecified atom stereocenters. The van der Waals surface area contributed by atoms with E-state index in [0.29, 0.717) is 12.2 Å². The summed E-state index contributed by atoms with van der Waals surface area (Å²) in [6.07, 6.45) is 3.88. The summed E-state index contributed by atoms with van der Waals surface area (Å²) in [5.74, 6) is -2.30. The Kier molecular flexibility index (Phi) is 4.16. The first-order chi connectivity index (χ1) is 11.1. The fraction of sp³-hybridized carbons (Fsp3) is 0.267. The van der Waals surface area contributed by atoms with Gasteiger partial charge in [-0.2, -0.15) is 0 Å². The molecular weight excluding hydrogens is 320 g/mol. The Hall–Kier alpha value is -2.61. The predicted molar refractivity (Wildman–Crippen MR) is 82.5 cm³/mol. The number of nitrogens with one attached hydrogen (secondary N) is 2. The summed E-state index contributed by atoms with van der Waals surface area (Å²) in [4.78, 5) is 36.1. The standard InChI is InChI=1S/C15H14N2O5S/c18-12(16-7-8-3-2-6-22-8)13(19)17-14-11(15(20)21)9-4-1-5-10(9)23-14/h2-3,6H,1,4-5,7H2,(H,16,18)(H,17,19)(H,20,21). The molecule has 7 nitrogen and oxygen atoms in total. The first kappa shape index (κ1) is 15.3. The lowest BCUT2D eigenvalue weighted by molar-refractivity contribution is -0.136. The van der Waals surface area contributed by atoms with Crippen LogP contribution in [0, 0.1) is 0 Å². The molecule has 2 aromatic heterocycles. The molecule has 2 aromatic rings. The summed E-state index contributed by atoms with van der Waals surface area (Å²) in [5.41, 5.74) is 0.878. The number of furan rings is 1. The predicted octanol–water partition coefficient (Wildman–Crippen LogP) is 1.78. The Balaban J connectivity index is 1.68. The quantitative estimate of drug-likeness (QED) is 0.739. The highest BCUT2D eigenvalue weighted by Gasteiger charge is 2.28. The van der Waals surface area contributed by atoms with Gasteiger partial charge < -0.3 is 20.2 Å². The maximum atomic E-state index is 11.9. The Morgan fingerprint density at radius 3 is 2.78 bits per heavy atom. The van der Waals surface area contributed by atoms with Crippen molar-refractivity contribution in [3.63, 3.8) is 0 Å². The van der Waals surface area contributed by atoms with E-state index >= 15 is 0 Å². The number of aromatic carboxylic acids is 1. The van der Waals surface area contributed by atoms with Crippen molar-refractivity contribution in [1.82, 2.24) is 5.32 Å². The van der Waals surface area contributed by atoms with Crippen LogP contribution in [0.15, 0.2) is 22.8 Å². The third-order valence-electron chi connectivity index (χ3n) is 3.57. The topological polar surface area (TPSA) is 109 Å². The molecule has 0 fully saturated rings. The van der Waals surface area contributed by atoms with E-state index < -0.39 is 17.8 Å². The Bertz CT molecular complexity index is 763. The maximum absolute atomic E-state index is 11.9. The smallest absolute Gasteiger partial charge is 0.339 e. The van der Waals surface area contributed by atoms with Crippen molar-refractivity contribution >= 4 is 34.1 Å². The monoisotopic (exact) mass is 334 g/mol. The second-order valence-corrected chi connectivity index (χ2v) is 6.19. The fourth-order valence-electron chi connectivity index (χ4n) is 2.54. The molecular formula is C15H14N2O5S. The van der Waals surface area contributed by atoms with Crippen molar-refractivity contribution in [2.75, 3.05) is 5.32 Å². The number of thiophene rings is 1. The van der Waals surface area contributed by atoms with Crippen molar-refractivity contribution in [3.05, 3.63) is 40.2 Å². The molecule has 0 atom stereocenters. The van der Waals surface area contributed by atoms with Crippen molar-refractivity contribution in [3.8, 4) is 0 Å². The fourth-order valence-corrected chi connectivity index (χ4v) is 3.82. The minimum Gasteiger partial charge on any atom is -0.478 e. The molecule has 1 aliphatic carbocycles. The first-order valence-electron chi connectivity index (χ1n) is 7.05. The number of rotatable bonds is 4. The molecule has 0 radical (unpaired) electrons. The number of anilines is 1. The van der Waals surface area contributed by atoms with Gasteiger partial charge in [-0.3, -0.25) is 9.59 Å². The Morgan fingerprint density at radius 1 is 1.26 bits per heavy atom. The molecule has 23 heavy (non-hydrogen) atoms. The third-order valence-corrected chi connectivity index (χ3v) is 4.78. The van der Waals surface area contributed by atoms with Crippen LogP contribution in [-0.4, -0.2) is 22.9 Å². The van der Waals surface area contributed by atoms with Crippen LogP contribution in [0.5, 0.6) is 0 Å². The van der Waals surface area contributed by atoms with Gasteiger partial charge in [-0.25, -0.2) is 4.79 Å². The highest BCUT2D eigenvalue weighted by molar-refractivity contribution is 7.17. The number of hydrogen-bond donors (Lipinski definition) is 3. The molecule has 0 bridgehead atoms. The van der Waals surface area contributed by atoms with Crippen LogP contribution < -0.4 is 10.6 Å². The maximum Gasteiger partial charge on any atom is 0.339 e. The van der Waals surface area contributed by atoms with E-state index in [4.69, 9.17) is 4.42 Å². The number of carboxylic acid groups (broad SMARTS) is 1. The molecule has 0 saturated carbocycles. The Morgan fingerprint density at radius 2 is 2.09 bits per heavy atom. The van der Waals surface area contributed by atoms with Gasteiger partial charge in [-0.1, -0.05) is 0 Å². The molecule has 0 spiro atoms. The summed E-state index contributed by atoms with van der Waals surface area (Å²) in [5, 5.41) is 14.4. The number of aryl methyl sites for hydroxylation is 1. The average Bonchev–Trinajstić information content (AvgIpc) is 3.20. The number of amides is 2. The molecule has 3 N–H and O–H groups in total. The van der Waals surface area contributed by atoms with Gasteiger partial charge in [-0.15, -0.1) is 11.3 Å². The lowest BCUT2D eigenvalue weighted by Crippen LogP contribution is -2.35. The molecule has 120 valence electrons. The van der Waals surface area contributed by atoms with E-state index in [0.717, 1.165) is 23.3 Å². The summed E-state index contributed by atoms with van der Waals surface area (Å²) < 4.78 is 5.05. The summed E-state index contributed by atoms with van der Waals surface area (Å²) in [6, 6.07) is 3.35. The number of fused-ring (bicyclic) bond motifs is 1. The summed E-state index contributed by atoms with van der Waals surface area (Å²) in [7, 11) is 0. The van der Waals surface area contributed by atoms with Crippen LogP contribution in [0.1, 0.15) is 33.0 Å². The minimum atomic E-state index is -1.09. The van der Waals surface area contributed by atoms with Crippen LogP contribution in [0.2, 0.25) is 0 Å². The van der Waals surface area contributed by atoms with Crippen LogP contribution in [0.25, 0.3) is 0 Å².